The maximum Gasteiger partial charge on any atom is 0.326 e. The molecule has 0 aliphatic rings. The Labute approximate surface area is 82.6 Å². The van der Waals surface area contributed by atoms with Crippen LogP contribution in [0.2, 0.25) is 0 Å². The van der Waals surface area contributed by atoms with Crippen LogP contribution in [0, 0.1) is 0 Å². The highest BCUT2D eigenvalue weighted by Gasteiger charge is 2.20. The minimum absolute atomic E-state index is 0.324. The van der Waals surface area contributed by atoms with Crippen molar-refractivity contribution in [3.8, 4) is 0 Å². The van der Waals surface area contributed by atoms with E-state index in [1.165, 1.54) is 6.92 Å². The van der Waals surface area contributed by atoms with Gasteiger partial charge in [-0.3, -0.25) is 4.79 Å². The number of carboxylic acids is 1. The Balaban J connectivity index is 4.09. The van der Waals surface area contributed by atoms with E-state index in [9.17, 15) is 9.59 Å². The van der Waals surface area contributed by atoms with Gasteiger partial charge in [0.2, 0.25) is 5.91 Å². The van der Waals surface area contributed by atoms with Gasteiger partial charge in [-0.05, 0) is 26.3 Å². The first-order chi connectivity index (χ1) is 6.49. The van der Waals surface area contributed by atoms with E-state index >= 15 is 0 Å². The SMILES string of the molecule is C[C@H](N)C(=O)N[C@H](CCCN)C(=O)O. The second-order valence-electron chi connectivity index (χ2n) is 3.12. The van der Waals surface area contributed by atoms with Crippen molar-refractivity contribution in [1.29, 1.82) is 0 Å². The molecule has 0 aromatic heterocycles. The zero-order valence-electron chi connectivity index (χ0n) is 8.19. The molecule has 82 valence electrons. The lowest BCUT2D eigenvalue weighted by Gasteiger charge is -2.15. The van der Waals surface area contributed by atoms with Gasteiger partial charge in [0.25, 0.3) is 0 Å². The molecule has 0 saturated heterocycles. The van der Waals surface area contributed by atoms with Gasteiger partial charge in [-0.1, -0.05) is 0 Å². The predicted octanol–water partition coefficient (Wildman–Crippen LogP) is -1.36. The highest BCUT2D eigenvalue weighted by molar-refractivity contribution is 5.86. The molecule has 0 spiro atoms. The van der Waals surface area contributed by atoms with Crippen molar-refractivity contribution < 1.29 is 14.7 Å². The molecule has 0 saturated carbocycles. The lowest BCUT2D eigenvalue weighted by atomic mass is 10.1. The molecule has 0 aliphatic heterocycles. The molecule has 0 aromatic carbocycles. The van der Waals surface area contributed by atoms with Crippen LogP contribution >= 0.6 is 0 Å². The van der Waals surface area contributed by atoms with Gasteiger partial charge in [0, 0.05) is 0 Å². The summed E-state index contributed by atoms with van der Waals surface area (Å²) in [5.41, 5.74) is 10.5. The van der Waals surface area contributed by atoms with E-state index in [1.807, 2.05) is 0 Å². The number of aliphatic carboxylic acids is 1. The standard InChI is InChI=1S/C8H17N3O3/c1-5(10)7(12)11-6(8(13)14)3-2-4-9/h5-6H,2-4,9-10H2,1H3,(H,11,12)(H,13,14)/t5-,6+/m0/s1. The first-order valence-corrected chi connectivity index (χ1v) is 4.48. The fourth-order valence-electron chi connectivity index (χ4n) is 0.883. The highest BCUT2D eigenvalue weighted by Crippen LogP contribution is 1.96. The number of nitrogens with one attached hydrogen (secondary N) is 1. The fourth-order valence-corrected chi connectivity index (χ4v) is 0.883. The van der Waals surface area contributed by atoms with Gasteiger partial charge < -0.3 is 21.9 Å². The molecule has 1 amide bonds. The summed E-state index contributed by atoms with van der Waals surface area (Å²) in [4.78, 5) is 21.8. The Morgan fingerprint density at radius 3 is 2.43 bits per heavy atom. The zero-order chi connectivity index (χ0) is 11.1. The Bertz CT molecular complexity index is 206. The summed E-state index contributed by atoms with van der Waals surface area (Å²) in [7, 11) is 0. The highest BCUT2D eigenvalue weighted by atomic mass is 16.4. The lowest BCUT2D eigenvalue weighted by Crippen LogP contribution is -2.47. The molecular weight excluding hydrogens is 186 g/mol. The molecule has 0 rings (SSSR count). The third kappa shape index (κ3) is 4.78. The van der Waals surface area contributed by atoms with Gasteiger partial charge in [-0.25, -0.2) is 4.79 Å². The van der Waals surface area contributed by atoms with Crippen molar-refractivity contribution in [3.63, 3.8) is 0 Å². The smallest absolute Gasteiger partial charge is 0.326 e. The summed E-state index contributed by atoms with van der Waals surface area (Å²) in [5, 5.41) is 11.1. The molecule has 0 bridgehead atoms. The van der Waals surface area contributed by atoms with Crippen LogP contribution in [-0.4, -0.2) is 35.6 Å². The zero-order valence-corrected chi connectivity index (χ0v) is 8.19. The van der Waals surface area contributed by atoms with E-state index in [0.717, 1.165) is 0 Å². The van der Waals surface area contributed by atoms with Crippen LogP contribution < -0.4 is 16.8 Å². The van der Waals surface area contributed by atoms with Crippen molar-refractivity contribution in [2.45, 2.75) is 31.8 Å². The van der Waals surface area contributed by atoms with Crippen molar-refractivity contribution >= 4 is 11.9 Å². The molecule has 0 fully saturated rings. The van der Waals surface area contributed by atoms with Crippen LogP contribution in [0.1, 0.15) is 19.8 Å². The van der Waals surface area contributed by atoms with Crippen LogP contribution in [0.25, 0.3) is 0 Å². The summed E-state index contributed by atoms with van der Waals surface area (Å²) in [6.07, 6.45) is 0.875. The minimum atomic E-state index is -1.06. The molecule has 2 atom stereocenters. The average molecular weight is 203 g/mol. The number of amides is 1. The second-order valence-corrected chi connectivity index (χ2v) is 3.12. The molecule has 14 heavy (non-hydrogen) atoms. The Kier molecular flexibility index (Phi) is 5.82. The van der Waals surface area contributed by atoms with Gasteiger partial charge >= 0.3 is 5.97 Å². The topological polar surface area (TPSA) is 118 Å². The predicted molar refractivity (Wildman–Crippen MR) is 51.5 cm³/mol. The largest absolute Gasteiger partial charge is 0.480 e. The van der Waals surface area contributed by atoms with E-state index in [4.69, 9.17) is 16.6 Å². The van der Waals surface area contributed by atoms with Crippen LogP contribution in [0.15, 0.2) is 0 Å². The van der Waals surface area contributed by atoms with E-state index in [2.05, 4.69) is 5.32 Å². The summed E-state index contributed by atoms with van der Waals surface area (Å²) in [5.74, 6) is -1.53. The van der Waals surface area contributed by atoms with E-state index in [1.54, 1.807) is 0 Å². The Morgan fingerprint density at radius 2 is 2.07 bits per heavy atom. The number of hydrogen-bond acceptors (Lipinski definition) is 4. The number of carboxylic acid groups (broad SMARTS) is 1. The van der Waals surface area contributed by atoms with Gasteiger partial charge in [0.05, 0.1) is 6.04 Å². The fraction of sp³-hybridized carbons (Fsp3) is 0.750. The Hall–Kier alpha value is -1.14. The maximum absolute atomic E-state index is 11.1. The van der Waals surface area contributed by atoms with E-state index < -0.39 is 24.0 Å². The van der Waals surface area contributed by atoms with Gasteiger partial charge in [0.15, 0.2) is 0 Å². The van der Waals surface area contributed by atoms with Gasteiger partial charge in [-0.15, -0.1) is 0 Å². The van der Waals surface area contributed by atoms with E-state index in [0.29, 0.717) is 19.4 Å². The van der Waals surface area contributed by atoms with Crippen molar-refractivity contribution in [1.82, 2.24) is 5.32 Å². The van der Waals surface area contributed by atoms with Crippen LogP contribution in [0.4, 0.5) is 0 Å². The normalized spacial score (nSPS) is 14.5. The summed E-state index contributed by atoms with van der Waals surface area (Å²) >= 11 is 0. The summed E-state index contributed by atoms with van der Waals surface area (Å²) < 4.78 is 0. The van der Waals surface area contributed by atoms with Crippen LogP contribution in [0.3, 0.4) is 0 Å². The maximum atomic E-state index is 11.1. The number of nitrogens with two attached hydrogens (primary N) is 2. The minimum Gasteiger partial charge on any atom is -0.480 e. The quantitative estimate of drug-likeness (QED) is 0.425. The van der Waals surface area contributed by atoms with Crippen LogP contribution in [-0.2, 0) is 9.59 Å². The summed E-state index contributed by atoms with van der Waals surface area (Å²) in [6, 6.07) is -1.59. The molecular formula is C8H17N3O3. The summed E-state index contributed by atoms with van der Waals surface area (Å²) in [6.45, 7) is 1.90. The molecule has 0 aliphatic carbocycles. The van der Waals surface area contributed by atoms with Crippen molar-refractivity contribution in [3.05, 3.63) is 0 Å². The molecule has 0 heterocycles. The van der Waals surface area contributed by atoms with Crippen molar-refractivity contribution in [2.75, 3.05) is 6.54 Å². The molecule has 6 nitrogen and oxygen atoms in total. The monoisotopic (exact) mass is 203 g/mol. The number of carbonyl (C=O) groups excluding carboxylic acids is 1. The second kappa shape index (κ2) is 6.33. The lowest BCUT2D eigenvalue weighted by molar-refractivity contribution is -0.142. The first kappa shape index (κ1) is 12.9. The van der Waals surface area contributed by atoms with Gasteiger partial charge in [-0.2, -0.15) is 0 Å². The number of rotatable bonds is 6. The Morgan fingerprint density at radius 1 is 1.50 bits per heavy atom. The van der Waals surface area contributed by atoms with Crippen molar-refractivity contribution in [2.24, 2.45) is 11.5 Å². The number of hydrogen-bond donors (Lipinski definition) is 4. The first-order valence-electron chi connectivity index (χ1n) is 4.48. The molecule has 0 unspecified atom stereocenters. The average Bonchev–Trinajstić information content (AvgIpc) is 2.10. The third-order valence-electron chi connectivity index (χ3n) is 1.73. The molecule has 6 heteroatoms. The van der Waals surface area contributed by atoms with Gasteiger partial charge in [0.1, 0.15) is 6.04 Å². The molecule has 0 radical (unpaired) electrons. The van der Waals surface area contributed by atoms with E-state index in [-0.39, 0.29) is 0 Å². The third-order valence-corrected chi connectivity index (χ3v) is 1.73. The molecule has 0 aromatic rings. The number of carbonyl (C=O) groups is 2. The van der Waals surface area contributed by atoms with Crippen LogP contribution in [0.5, 0.6) is 0 Å². The molecule has 6 N–H and O–H groups in total.